The Bertz CT molecular complexity index is 3770. The summed E-state index contributed by atoms with van der Waals surface area (Å²) < 4.78 is 30.5. The van der Waals surface area contributed by atoms with E-state index in [4.69, 9.17) is 30.2 Å². The third-order valence-corrected chi connectivity index (χ3v) is 17.2. The van der Waals surface area contributed by atoms with Gasteiger partial charge < -0.3 is 49.1 Å². The fourth-order valence-electron chi connectivity index (χ4n) is 10.1. The van der Waals surface area contributed by atoms with Gasteiger partial charge in [-0.05, 0) is 172 Å². The van der Waals surface area contributed by atoms with Crippen LogP contribution in [0.4, 0.5) is 11.6 Å². The van der Waals surface area contributed by atoms with Crippen LogP contribution in [-0.4, -0.2) is 61.3 Å². The predicted octanol–water partition coefficient (Wildman–Crippen LogP) is 11.4. The van der Waals surface area contributed by atoms with Crippen molar-refractivity contribution in [1.82, 2.24) is 23.7 Å². The van der Waals surface area contributed by atoms with Crippen LogP contribution in [0.2, 0.25) is 0 Å². The standard InChI is InChI=1S/C20H21N3O2.C15H16BrNO2.C13H12BrNO2.C11H17BN2O2/c1-11-15(13-4-9-17(21)22-10-13)7-8-16-18(11)23(14-5-6-14)20(24)12(2)19(16)25-3;1-8-12(16)7-6-11-13(8)17(10-4-5-10)15(18)9(2)14(11)19-3;1-7-10(14)5-4-9-11(16)6-12(17)15(13(7)9)8-2-3-8;1-10(2)11(3,4)16-12(15-10)8-5-6-9(13)14-7-8/h4,7-10,14H,5-6H2,1-3H3,(H2,21,22);6-7,10H,4-5H2,1-3H3;4-6,8,16H,2-3H2,1H3;5-7H,1-4H3,(H2,13,14). The number of aromatic nitrogens is 5. The number of nitrogens with zero attached hydrogens (tertiary/aromatic N) is 5. The van der Waals surface area contributed by atoms with Crippen molar-refractivity contribution < 1.29 is 23.9 Å². The van der Waals surface area contributed by atoms with Crippen molar-refractivity contribution in [1.29, 1.82) is 0 Å². The molecule has 18 heteroatoms. The van der Waals surface area contributed by atoms with Crippen LogP contribution < -0.4 is 43.1 Å². The van der Waals surface area contributed by atoms with Crippen molar-refractivity contribution in [3.63, 3.8) is 0 Å². The number of fused-ring (bicyclic) bond motifs is 3. The number of anilines is 2. The Balaban J connectivity index is 0.000000127. The summed E-state index contributed by atoms with van der Waals surface area (Å²) in [6, 6.07) is 21.5. The van der Waals surface area contributed by atoms with Gasteiger partial charge in [-0.15, -0.1) is 0 Å². The largest absolute Gasteiger partial charge is 0.507 e. The lowest BCUT2D eigenvalue weighted by molar-refractivity contribution is 0.00578. The van der Waals surface area contributed by atoms with Crippen LogP contribution in [-0.2, 0) is 9.31 Å². The molecular formula is C59H66BBr2N7O8. The summed E-state index contributed by atoms with van der Waals surface area (Å²) in [5.74, 6) is 2.43. The fraction of sp³-hybridized carbons (Fsp3) is 0.373. The number of pyridine rings is 5. The van der Waals surface area contributed by atoms with E-state index in [1.807, 2.05) is 112 Å². The second-order valence-corrected chi connectivity index (χ2v) is 23.2. The van der Waals surface area contributed by atoms with Gasteiger partial charge in [0.1, 0.15) is 28.9 Å². The van der Waals surface area contributed by atoms with Crippen LogP contribution in [0, 0.1) is 34.6 Å². The number of hydrogen-bond acceptors (Lipinski definition) is 12. The molecule has 6 heterocycles. The molecule has 0 radical (unpaired) electrons. The van der Waals surface area contributed by atoms with E-state index < -0.39 is 0 Å². The van der Waals surface area contributed by atoms with Crippen LogP contribution >= 0.6 is 31.9 Å². The van der Waals surface area contributed by atoms with E-state index in [1.165, 1.54) is 6.07 Å². The topological polar surface area (TPSA) is 201 Å². The predicted molar refractivity (Wildman–Crippen MR) is 315 cm³/mol. The third-order valence-electron chi connectivity index (χ3n) is 15.5. The molecule has 1 saturated heterocycles. The van der Waals surface area contributed by atoms with Crippen molar-refractivity contribution >= 4 is 88.8 Å². The van der Waals surface area contributed by atoms with Crippen LogP contribution in [0.1, 0.15) is 112 Å². The highest BCUT2D eigenvalue weighted by Gasteiger charge is 2.51. The van der Waals surface area contributed by atoms with E-state index >= 15 is 0 Å². The average Bonchev–Trinajstić information content (AvgIpc) is 4.34. The summed E-state index contributed by atoms with van der Waals surface area (Å²) in [4.78, 5) is 45.7. The minimum atomic E-state index is -0.363. The van der Waals surface area contributed by atoms with Gasteiger partial charge in [-0.1, -0.05) is 44.0 Å². The van der Waals surface area contributed by atoms with E-state index in [2.05, 4.69) is 54.8 Å². The molecule has 0 spiro atoms. The number of benzene rings is 3. The summed E-state index contributed by atoms with van der Waals surface area (Å²) in [6.45, 7) is 17.8. The van der Waals surface area contributed by atoms with Crippen molar-refractivity contribution in [3.05, 3.63) is 147 Å². The summed E-state index contributed by atoms with van der Waals surface area (Å²) in [6.07, 6.45) is 9.84. The fourth-order valence-corrected chi connectivity index (χ4v) is 10.7. The molecule has 77 heavy (non-hydrogen) atoms. The molecule has 0 amide bonds. The first-order valence-corrected chi connectivity index (χ1v) is 27.5. The zero-order valence-electron chi connectivity index (χ0n) is 45.5. The minimum absolute atomic E-state index is 0.0440. The molecule has 15 nitrogen and oxygen atoms in total. The molecule has 0 atom stereocenters. The number of halogens is 2. The van der Waals surface area contributed by atoms with Gasteiger partial charge in [0.25, 0.3) is 16.7 Å². The molecule has 12 rings (SSSR count). The molecular weight excluding hydrogens is 1110 g/mol. The van der Waals surface area contributed by atoms with Gasteiger partial charge in [0, 0.05) is 72.7 Å². The third kappa shape index (κ3) is 10.7. The normalized spacial score (nSPS) is 16.3. The number of ether oxygens (including phenoxy) is 2. The number of rotatable bonds is 7. The molecule has 8 aromatic rings. The van der Waals surface area contributed by atoms with Crippen LogP contribution in [0.3, 0.4) is 0 Å². The lowest BCUT2D eigenvalue weighted by atomic mass is 9.80. The Labute approximate surface area is 464 Å². The Hall–Kier alpha value is -6.47. The zero-order chi connectivity index (χ0) is 55.6. The monoisotopic (exact) mass is 1170 g/mol. The number of hydrogen-bond donors (Lipinski definition) is 3. The first-order chi connectivity index (χ1) is 36.5. The zero-order valence-corrected chi connectivity index (χ0v) is 48.7. The number of nitrogen functional groups attached to an aromatic ring is 2. The van der Waals surface area contributed by atoms with Crippen LogP contribution in [0.15, 0.2) is 102 Å². The van der Waals surface area contributed by atoms with Gasteiger partial charge in [-0.2, -0.15) is 0 Å². The molecule has 4 fully saturated rings. The lowest BCUT2D eigenvalue weighted by Crippen LogP contribution is -2.41. The van der Waals surface area contributed by atoms with E-state index in [1.54, 1.807) is 38.7 Å². The van der Waals surface area contributed by atoms with Crippen molar-refractivity contribution in [2.45, 2.75) is 130 Å². The van der Waals surface area contributed by atoms with E-state index in [0.717, 1.165) is 113 Å². The molecule has 3 aromatic carbocycles. The highest BCUT2D eigenvalue weighted by molar-refractivity contribution is 9.10. The maximum atomic E-state index is 12.9. The second kappa shape index (κ2) is 21.4. The first kappa shape index (κ1) is 55.3. The quantitative estimate of drug-likeness (QED) is 0.128. The first-order valence-electron chi connectivity index (χ1n) is 25.9. The van der Waals surface area contributed by atoms with Gasteiger partial charge >= 0.3 is 7.12 Å². The lowest BCUT2D eigenvalue weighted by Gasteiger charge is -2.32. The van der Waals surface area contributed by atoms with Gasteiger partial charge in [0.15, 0.2) is 0 Å². The van der Waals surface area contributed by atoms with Crippen molar-refractivity contribution in [2.75, 3.05) is 25.7 Å². The Morgan fingerprint density at radius 1 is 0.584 bits per heavy atom. The summed E-state index contributed by atoms with van der Waals surface area (Å²) in [5.41, 5.74) is 20.9. The van der Waals surface area contributed by atoms with Gasteiger partial charge in [0.05, 0.1) is 53.1 Å². The molecule has 5 aromatic heterocycles. The van der Waals surface area contributed by atoms with Gasteiger partial charge in [-0.3, -0.25) is 14.4 Å². The number of aromatic hydroxyl groups is 1. The van der Waals surface area contributed by atoms with E-state index in [0.29, 0.717) is 46.3 Å². The highest BCUT2D eigenvalue weighted by Crippen LogP contribution is 2.44. The second-order valence-electron chi connectivity index (χ2n) is 21.4. The Morgan fingerprint density at radius 2 is 1.01 bits per heavy atom. The summed E-state index contributed by atoms with van der Waals surface area (Å²) in [7, 11) is 2.88. The summed E-state index contributed by atoms with van der Waals surface area (Å²) >= 11 is 7.03. The maximum absolute atomic E-state index is 12.9. The van der Waals surface area contributed by atoms with Crippen LogP contribution in [0.25, 0.3) is 43.8 Å². The Morgan fingerprint density at radius 3 is 1.45 bits per heavy atom. The molecule has 402 valence electrons. The van der Waals surface area contributed by atoms with E-state index in [9.17, 15) is 19.5 Å². The van der Waals surface area contributed by atoms with E-state index in [-0.39, 0.29) is 46.8 Å². The smallest absolute Gasteiger partial charge is 0.496 e. The van der Waals surface area contributed by atoms with Crippen molar-refractivity contribution in [2.24, 2.45) is 0 Å². The van der Waals surface area contributed by atoms with Gasteiger partial charge in [0.2, 0.25) is 0 Å². The number of nitrogens with two attached hydrogens (primary N) is 2. The maximum Gasteiger partial charge on any atom is 0.496 e. The molecule has 3 aliphatic carbocycles. The molecule has 0 unspecified atom stereocenters. The SMILES string of the molecule is CC1(C)OB(c2ccc(N)nc2)OC1(C)C.COc1c(C)c(=O)n(C2CC2)c2c(C)c(-c3ccc(N)nc3)ccc12.COc1c(C)c(=O)n(C2CC2)c2c(C)c(Br)ccc12.Cc1c(Br)ccc2c(O)cc(=O)n(C3CC3)c12. The molecule has 5 N–H and O–H groups in total. The Kier molecular flexibility index (Phi) is 15.4. The number of aryl methyl sites for hydroxylation is 3. The summed E-state index contributed by atoms with van der Waals surface area (Å²) in [5, 5.41) is 12.6. The highest BCUT2D eigenvalue weighted by atomic mass is 79.9. The molecule has 1 aliphatic heterocycles. The van der Waals surface area contributed by atoms with Crippen LogP contribution in [0.5, 0.6) is 17.2 Å². The molecule has 4 aliphatic rings. The molecule has 3 saturated carbocycles. The minimum Gasteiger partial charge on any atom is -0.507 e. The van der Waals surface area contributed by atoms with Crippen molar-refractivity contribution in [3.8, 4) is 28.4 Å². The average molecular weight is 1170 g/mol. The van der Waals surface area contributed by atoms with Gasteiger partial charge in [-0.25, -0.2) is 9.97 Å². The number of methoxy groups -OCH3 is 2. The molecule has 0 bridgehead atoms.